The molecule has 1 N–H and O–H groups in total. The first kappa shape index (κ1) is 16.0. The molecule has 2 aromatic carbocycles. The van der Waals surface area contributed by atoms with Crippen LogP contribution in [0.4, 0.5) is 10.8 Å². The lowest BCUT2D eigenvalue weighted by Crippen LogP contribution is -1.92. The first-order valence-electron chi connectivity index (χ1n) is 8.58. The minimum Gasteiger partial charge on any atom is -0.495 e. The summed E-state index contributed by atoms with van der Waals surface area (Å²) in [5.74, 6) is 0.750. The second-order valence-corrected chi connectivity index (χ2v) is 7.35. The van der Waals surface area contributed by atoms with Crippen LogP contribution < -0.4 is 10.1 Å². The molecule has 0 bridgehead atoms. The highest BCUT2D eigenvalue weighted by Gasteiger charge is 2.10. The van der Waals surface area contributed by atoms with Crippen molar-refractivity contribution in [3.8, 4) is 16.9 Å². The summed E-state index contributed by atoms with van der Waals surface area (Å²) in [6.07, 6.45) is 5.47. The molecule has 132 valence electrons. The summed E-state index contributed by atoms with van der Waals surface area (Å²) >= 11 is 1.64. The zero-order valence-electron chi connectivity index (χ0n) is 14.6. The number of methoxy groups -OCH3 is 1. The fraction of sp³-hybridized carbons (Fsp3) is 0.0952. The van der Waals surface area contributed by atoms with Crippen molar-refractivity contribution < 1.29 is 4.74 Å². The maximum absolute atomic E-state index is 5.27. The van der Waals surface area contributed by atoms with Crippen LogP contribution in [0.2, 0.25) is 0 Å². The number of hydrogen-bond acceptors (Lipinski definition) is 6. The highest BCUT2D eigenvalue weighted by molar-refractivity contribution is 7.22. The average Bonchev–Trinajstić information content (AvgIpc) is 3.33. The van der Waals surface area contributed by atoms with Gasteiger partial charge in [-0.1, -0.05) is 23.5 Å². The van der Waals surface area contributed by atoms with Crippen LogP contribution in [0.1, 0.15) is 11.1 Å². The van der Waals surface area contributed by atoms with E-state index in [0.717, 1.165) is 44.5 Å². The van der Waals surface area contributed by atoms with Crippen LogP contribution in [0.5, 0.6) is 5.75 Å². The molecule has 4 aromatic rings. The van der Waals surface area contributed by atoms with E-state index in [1.807, 2.05) is 24.5 Å². The Hall–Kier alpha value is -3.25. The molecule has 3 heterocycles. The number of anilines is 2. The van der Waals surface area contributed by atoms with Gasteiger partial charge in [-0.15, -0.1) is 0 Å². The topological polar surface area (TPSA) is 59.4 Å². The molecule has 0 fully saturated rings. The highest BCUT2D eigenvalue weighted by atomic mass is 32.1. The van der Waals surface area contributed by atoms with Gasteiger partial charge in [0.1, 0.15) is 5.75 Å². The summed E-state index contributed by atoms with van der Waals surface area (Å²) in [4.78, 5) is 13.3. The van der Waals surface area contributed by atoms with E-state index in [9.17, 15) is 0 Å². The number of hydrogen-bond donors (Lipinski definition) is 1. The lowest BCUT2D eigenvalue weighted by Gasteiger charge is -2.04. The van der Waals surface area contributed by atoms with Gasteiger partial charge in [0.15, 0.2) is 5.13 Å². The third-order valence-electron chi connectivity index (χ3n) is 4.56. The van der Waals surface area contributed by atoms with Crippen molar-refractivity contribution in [2.45, 2.75) is 6.54 Å². The normalized spacial score (nSPS) is 12.3. The Morgan fingerprint density at radius 2 is 2.00 bits per heavy atom. The van der Waals surface area contributed by atoms with E-state index in [2.05, 4.69) is 45.6 Å². The maximum Gasteiger partial charge on any atom is 0.188 e. The van der Waals surface area contributed by atoms with Gasteiger partial charge < -0.3 is 10.1 Å². The van der Waals surface area contributed by atoms with Gasteiger partial charge in [0.05, 0.1) is 30.1 Å². The number of ether oxygens (including phenoxy) is 1. The number of aliphatic imine (C=N–C) groups is 1. The van der Waals surface area contributed by atoms with Crippen LogP contribution in [0.15, 0.2) is 59.9 Å². The second kappa shape index (κ2) is 6.48. The molecule has 1 aliphatic heterocycles. The smallest absolute Gasteiger partial charge is 0.188 e. The van der Waals surface area contributed by atoms with Crippen molar-refractivity contribution in [1.82, 2.24) is 9.97 Å². The van der Waals surface area contributed by atoms with E-state index in [4.69, 9.17) is 9.72 Å². The molecule has 0 amide bonds. The van der Waals surface area contributed by atoms with Crippen LogP contribution >= 0.6 is 11.3 Å². The van der Waals surface area contributed by atoms with Crippen LogP contribution in [0, 0.1) is 0 Å². The number of rotatable bonds is 4. The number of nitrogens with one attached hydrogen (secondary N) is 1. The molecule has 1 aliphatic rings. The van der Waals surface area contributed by atoms with Gasteiger partial charge in [0.2, 0.25) is 0 Å². The highest BCUT2D eigenvalue weighted by Crippen LogP contribution is 2.33. The summed E-state index contributed by atoms with van der Waals surface area (Å²) in [7, 11) is 1.65. The quantitative estimate of drug-likeness (QED) is 0.545. The predicted octanol–water partition coefficient (Wildman–Crippen LogP) is 5.04. The molecular formula is C21H16N4OS. The summed E-state index contributed by atoms with van der Waals surface area (Å²) in [6, 6.07) is 14.5. The Morgan fingerprint density at radius 1 is 1.04 bits per heavy atom. The molecular weight excluding hydrogens is 356 g/mol. The number of aromatic nitrogens is 2. The predicted molar refractivity (Wildman–Crippen MR) is 110 cm³/mol. The van der Waals surface area contributed by atoms with E-state index >= 15 is 0 Å². The number of thiazole rings is 1. The molecule has 0 atom stereocenters. The SMILES string of the molecule is COc1cncc(-c2ccc3nc(Nc4ccc5c(c4)CN=C5)sc3c2)c1. The molecule has 2 aromatic heterocycles. The summed E-state index contributed by atoms with van der Waals surface area (Å²) in [5.41, 5.74) is 6.58. The number of pyridine rings is 1. The summed E-state index contributed by atoms with van der Waals surface area (Å²) < 4.78 is 6.40. The monoisotopic (exact) mass is 372 g/mol. The maximum atomic E-state index is 5.27. The van der Waals surface area contributed by atoms with Gasteiger partial charge in [-0.2, -0.15) is 0 Å². The largest absolute Gasteiger partial charge is 0.495 e. The van der Waals surface area contributed by atoms with Crippen molar-refractivity contribution >= 4 is 38.6 Å². The first-order chi connectivity index (χ1) is 13.3. The number of fused-ring (bicyclic) bond motifs is 2. The average molecular weight is 372 g/mol. The second-order valence-electron chi connectivity index (χ2n) is 6.32. The Kier molecular flexibility index (Phi) is 3.83. The Balaban J connectivity index is 1.45. The van der Waals surface area contributed by atoms with Gasteiger partial charge >= 0.3 is 0 Å². The number of nitrogens with zero attached hydrogens (tertiary/aromatic N) is 3. The van der Waals surface area contributed by atoms with Gasteiger partial charge in [-0.05, 0) is 47.0 Å². The third-order valence-corrected chi connectivity index (χ3v) is 5.49. The molecule has 5 rings (SSSR count). The van der Waals surface area contributed by atoms with Crippen molar-refractivity contribution in [3.05, 3.63) is 66.0 Å². The molecule has 0 radical (unpaired) electrons. The van der Waals surface area contributed by atoms with E-state index in [0.29, 0.717) is 0 Å². The van der Waals surface area contributed by atoms with Gasteiger partial charge in [-0.3, -0.25) is 9.98 Å². The zero-order valence-corrected chi connectivity index (χ0v) is 15.5. The third kappa shape index (κ3) is 3.04. The van der Waals surface area contributed by atoms with E-state index in [1.165, 1.54) is 11.1 Å². The number of benzene rings is 2. The van der Waals surface area contributed by atoms with Crippen LogP contribution in [0.3, 0.4) is 0 Å². The van der Waals surface area contributed by atoms with Crippen LogP contribution in [-0.2, 0) is 6.54 Å². The molecule has 27 heavy (non-hydrogen) atoms. The molecule has 0 saturated carbocycles. The lowest BCUT2D eigenvalue weighted by atomic mass is 10.1. The van der Waals surface area contributed by atoms with Gasteiger partial charge in [0, 0.05) is 23.7 Å². The van der Waals surface area contributed by atoms with Crippen LogP contribution in [-0.4, -0.2) is 23.3 Å². The fourth-order valence-corrected chi connectivity index (χ4v) is 4.08. The summed E-state index contributed by atoms with van der Waals surface area (Å²) in [6.45, 7) is 0.753. The zero-order chi connectivity index (χ0) is 18.2. The van der Waals surface area contributed by atoms with Crippen molar-refractivity contribution in [2.24, 2.45) is 4.99 Å². The Labute approximate surface area is 160 Å². The van der Waals surface area contributed by atoms with Crippen molar-refractivity contribution in [3.63, 3.8) is 0 Å². The summed E-state index contributed by atoms with van der Waals surface area (Å²) in [5, 5.41) is 4.30. The van der Waals surface area contributed by atoms with Gasteiger partial charge in [-0.25, -0.2) is 4.98 Å². The standard InChI is InChI=1S/C21H16N4OS/c1-26-18-7-16(11-23-12-18)13-3-5-19-20(8-13)27-21(25-19)24-17-4-2-14-9-22-10-15(14)6-17/h2-9,11-12H,10H2,1H3,(H,24,25). The Bertz CT molecular complexity index is 1180. The molecule has 0 unspecified atom stereocenters. The lowest BCUT2D eigenvalue weighted by molar-refractivity contribution is 0.413. The van der Waals surface area contributed by atoms with E-state index in [1.54, 1.807) is 24.6 Å². The van der Waals surface area contributed by atoms with Crippen LogP contribution in [0.25, 0.3) is 21.3 Å². The Morgan fingerprint density at radius 3 is 2.93 bits per heavy atom. The van der Waals surface area contributed by atoms with Gasteiger partial charge in [0.25, 0.3) is 0 Å². The molecule has 6 heteroatoms. The minimum absolute atomic E-state index is 0.750. The molecule has 5 nitrogen and oxygen atoms in total. The van der Waals surface area contributed by atoms with Crippen molar-refractivity contribution in [2.75, 3.05) is 12.4 Å². The molecule has 0 spiro atoms. The molecule has 0 saturated heterocycles. The fourth-order valence-electron chi connectivity index (χ4n) is 3.16. The van der Waals surface area contributed by atoms with Crippen molar-refractivity contribution in [1.29, 1.82) is 0 Å². The van der Waals surface area contributed by atoms with E-state index < -0.39 is 0 Å². The molecule has 0 aliphatic carbocycles. The first-order valence-corrected chi connectivity index (χ1v) is 9.40. The minimum atomic E-state index is 0.750. The van der Waals surface area contributed by atoms with E-state index in [-0.39, 0.29) is 0 Å².